The average Bonchev–Trinajstić information content (AvgIpc) is 2.54. The minimum atomic E-state index is -0.675. The van der Waals surface area contributed by atoms with Gasteiger partial charge in [-0.25, -0.2) is 4.79 Å². The fourth-order valence-electron chi connectivity index (χ4n) is 2.16. The number of para-hydroxylation sites is 3. The summed E-state index contributed by atoms with van der Waals surface area (Å²) in [6, 6.07) is 15.5. The Bertz CT molecular complexity index is 898. The van der Waals surface area contributed by atoms with Crippen molar-refractivity contribution in [2.24, 2.45) is 0 Å². The molecule has 2 aromatic carbocycles. The van der Waals surface area contributed by atoms with Gasteiger partial charge in [-0.2, -0.15) is 0 Å². The highest BCUT2D eigenvalue weighted by Gasteiger charge is 2.15. The summed E-state index contributed by atoms with van der Waals surface area (Å²) >= 11 is 0. The molecule has 22 heavy (non-hydrogen) atoms. The molecule has 0 spiro atoms. The number of amides is 1. The molecule has 0 aliphatic carbocycles. The molecule has 1 aromatic heterocycles. The van der Waals surface area contributed by atoms with Crippen LogP contribution in [0.1, 0.15) is 10.4 Å². The first-order valence-electron chi connectivity index (χ1n) is 6.66. The first-order chi connectivity index (χ1) is 10.7. The Kier molecular flexibility index (Phi) is 3.62. The van der Waals surface area contributed by atoms with E-state index in [-0.39, 0.29) is 5.56 Å². The third-order valence-corrected chi connectivity index (χ3v) is 3.24. The summed E-state index contributed by atoms with van der Waals surface area (Å²) < 4.78 is 10.3. The van der Waals surface area contributed by atoms with Crippen molar-refractivity contribution < 1.29 is 13.9 Å². The topological polar surface area (TPSA) is 68.5 Å². The largest absolute Gasteiger partial charge is 0.495 e. The second-order valence-electron chi connectivity index (χ2n) is 4.64. The van der Waals surface area contributed by atoms with Crippen molar-refractivity contribution in [3.05, 3.63) is 70.6 Å². The Hall–Kier alpha value is -3.08. The molecule has 0 fully saturated rings. The molecule has 5 nitrogen and oxygen atoms in total. The number of carbonyl (C=O) groups excluding carboxylic acids is 1. The molecule has 0 atom stereocenters. The van der Waals surface area contributed by atoms with Gasteiger partial charge in [0.1, 0.15) is 16.9 Å². The Morgan fingerprint density at radius 2 is 1.82 bits per heavy atom. The number of anilines is 1. The second-order valence-corrected chi connectivity index (χ2v) is 4.64. The molecule has 1 N–H and O–H groups in total. The van der Waals surface area contributed by atoms with Gasteiger partial charge in [0.15, 0.2) is 0 Å². The van der Waals surface area contributed by atoms with Crippen molar-refractivity contribution in [2.45, 2.75) is 0 Å². The average molecular weight is 295 g/mol. The number of hydrogen-bond acceptors (Lipinski definition) is 4. The molecule has 0 saturated carbocycles. The maximum Gasteiger partial charge on any atom is 0.349 e. The van der Waals surface area contributed by atoms with Gasteiger partial charge in [-0.1, -0.05) is 30.3 Å². The first-order valence-corrected chi connectivity index (χ1v) is 6.66. The summed E-state index contributed by atoms with van der Waals surface area (Å²) in [4.78, 5) is 24.3. The molecule has 0 aliphatic heterocycles. The monoisotopic (exact) mass is 295 g/mol. The van der Waals surface area contributed by atoms with Gasteiger partial charge in [-0.05, 0) is 24.3 Å². The van der Waals surface area contributed by atoms with Gasteiger partial charge < -0.3 is 14.5 Å². The van der Waals surface area contributed by atoms with Gasteiger partial charge in [-0.3, -0.25) is 4.79 Å². The van der Waals surface area contributed by atoms with Gasteiger partial charge in [0.05, 0.1) is 12.8 Å². The van der Waals surface area contributed by atoms with Crippen LogP contribution >= 0.6 is 0 Å². The molecule has 5 heteroatoms. The number of carbonyl (C=O) groups is 1. The molecule has 3 aromatic rings. The predicted octanol–water partition coefficient (Wildman–Crippen LogP) is 3.05. The zero-order valence-corrected chi connectivity index (χ0v) is 11.8. The van der Waals surface area contributed by atoms with E-state index >= 15 is 0 Å². The molecule has 0 radical (unpaired) electrons. The van der Waals surface area contributed by atoms with Crippen LogP contribution < -0.4 is 15.7 Å². The highest BCUT2D eigenvalue weighted by Crippen LogP contribution is 2.23. The van der Waals surface area contributed by atoms with Crippen LogP contribution in [0.5, 0.6) is 5.75 Å². The molecule has 110 valence electrons. The van der Waals surface area contributed by atoms with Crippen LogP contribution in [-0.2, 0) is 0 Å². The fourth-order valence-corrected chi connectivity index (χ4v) is 2.16. The number of benzene rings is 2. The number of hydrogen-bond donors (Lipinski definition) is 1. The van der Waals surface area contributed by atoms with E-state index in [4.69, 9.17) is 9.15 Å². The molecule has 0 aliphatic rings. The smallest absolute Gasteiger partial charge is 0.349 e. The molecule has 3 rings (SSSR count). The first kappa shape index (κ1) is 13.9. The van der Waals surface area contributed by atoms with Gasteiger partial charge in [-0.15, -0.1) is 0 Å². The van der Waals surface area contributed by atoms with Crippen molar-refractivity contribution in [3.8, 4) is 5.75 Å². The second kappa shape index (κ2) is 5.73. The maximum atomic E-state index is 12.3. The highest BCUT2D eigenvalue weighted by molar-refractivity contribution is 6.06. The Morgan fingerprint density at radius 1 is 1.09 bits per heavy atom. The molecule has 1 heterocycles. The zero-order chi connectivity index (χ0) is 15.5. The lowest BCUT2D eigenvalue weighted by Gasteiger charge is -2.09. The number of fused-ring (bicyclic) bond motifs is 1. The summed E-state index contributed by atoms with van der Waals surface area (Å²) in [6.45, 7) is 0. The quantitative estimate of drug-likeness (QED) is 0.754. The summed E-state index contributed by atoms with van der Waals surface area (Å²) in [5, 5.41) is 3.35. The number of rotatable bonds is 3. The van der Waals surface area contributed by atoms with Crippen LogP contribution in [0.15, 0.2) is 63.8 Å². The normalized spacial score (nSPS) is 10.4. The van der Waals surface area contributed by atoms with Gasteiger partial charge >= 0.3 is 5.63 Å². The van der Waals surface area contributed by atoms with Crippen LogP contribution in [0.2, 0.25) is 0 Å². The molecule has 0 bridgehead atoms. The van der Waals surface area contributed by atoms with Crippen molar-refractivity contribution in [1.82, 2.24) is 0 Å². The Balaban J connectivity index is 1.98. The van der Waals surface area contributed by atoms with E-state index in [0.717, 1.165) is 0 Å². The summed E-state index contributed by atoms with van der Waals surface area (Å²) in [5.74, 6) is -0.0231. The summed E-state index contributed by atoms with van der Waals surface area (Å²) in [7, 11) is 1.51. The van der Waals surface area contributed by atoms with Crippen LogP contribution in [0, 0.1) is 0 Å². The van der Waals surface area contributed by atoms with Crippen LogP contribution in [-0.4, -0.2) is 13.0 Å². The minimum absolute atomic E-state index is 0.0513. The fraction of sp³-hybridized carbons (Fsp3) is 0.0588. The molecule has 0 saturated heterocycles. The van der Waals surface area contributed by atoms with Gasteiger partial charge in [0.2, 0.25) is 0 Å². The Labute approximate surface area is 126 Å². The van der Waals surface area contributed by atoms with E-state index in [1.54, 1.807) is 42.5 Å². The van der Waals surface area contributed by atoms with Crippen molar-refractivity contribution >= 4 is 22.6 Å². The lowest BCUT2D eigenvalue weighted by Crippen LogP contribution is -2.20. The third-order valence-electron chi connectivity index (χ3n) is 3.24. The lowest BCUT2D eigenvalue weighted by molar-refractivity contribution is 0.102. The molecular weight excluding hydrogens is 282 g/mol. The van der Waals surface area contributed by atoms with E-state index in [1.165, 1.54) is 13.2 Å². The van der Waals surface area contributed by atoms with Gasteiger partial charge in [0, 0.05) is 5.39 Å². The predicted molar refractivity (Wildman–Crippen MR) is 83.4 cm³/mol. The van der Waals surface area contributed by atoms with Crippen molar-refractivity contribution in [3.63, 3.8) is 0 Å². The number of methoxy groups -OCH3 is 1. The minimum Gasteiger partial charge on any atom is -0.495 e. The van der Waals surface area contributed by atoms with E-state index in [0.29, 0.717) is 22.4 Å². The maximum absolute atomic E-state index is 12.3. The Morgan fingerprint density at radius 3 is 2.64 bits per heavy atom. The summed E-state index contributed by atoms with van der Waals surface area (Å²) in [6.07, 6.45) is 0. The lowest BCUT2D eigenvalue weighted by atomic mass is 10.1. The van der Waals surface area contributed by atoms with Crippen molar-refractivity contribution in [2.75, 3.05) is 12.4 Å². The number of ether oxygens (including phenoxy) is 1. The van der Waals surface area contributed by atoms with E-state index in [1.807, 2.05) is 6.07 Å². The van der Waals surface area contributed by atoms with Crippen LogP contribution in [0.25, 0.3) is 11.0 Å². The number of nitrogens with one attached hydrogen (secondary N) is 1. The van der Waals surface area contributed by atoms with Crippen LogP contribution in [0.3, 0.4) is 0 Å². The van der Waals surface area contributed by atoms with Gasteiger partial charge in [0.25, 0.3) is 5.91 Å². The van der Waals surface area contributed by atoms with E-state index in [9.17, 15) is 9.59 Å². The SMILES string of the molecule is COc1ccccc1NC(=O)c1cc2ccccc2oc1=O. The van der Waals surface area contributed by atoms with E-state index < -0.39 is 11.5 Å². The molecule has 1 amide bonds. The highest BCUT2D eigenvalue weighted by atomic mass is 16.5. The standard InChI is InChI=1S/C17H13NO4/c1-21-15-9-5-3-7-13(15)18-16(19)12-10-11-6-2-4-8-14(11)22-17(12)20/h2-10H,1H3,(H,18,19). The van der Waals surface area contributed by atoms with Crippen molar-refractivity contribution in [1.29, 1.82) is 0 Å². The van der Waals surface area contributed by atoms with Crippen LogP contribution in [0.4, 0.5) is 5.69 Å². The molecule has 0 unspecified atom stereocenters. The van der Waals surface area contributed by atoms with E-state index in [2.05, 4.69) is 5.32 Å². The third kappa shape index (κ3) is 2.56. The zero-order valence-electron chi connectivity index (χ0n) is 11.8. The summed E-state index contributed by atoms with van der Waals surface area (Å²) in [5.41, 5.74) is 0.208. The molecular formula is C17H13NO4.